The molecule has 1 fully saturated rings. The number of nitrogens with one attached hydrogen (secondary N) is 2. The third-order valence-corrected chi connectivity index (χ3v) is 6.59. The van der Waals surface area contributed by atoms with Gasteiger partial charge in [-0.05, 0) is 61.0 Å². The van der Waals surface area contributed by atoms with Gasteiger partial charge in [0.15, 0.2) is 0 Å². The average Bonchev–Trinajstić information content (AvgIpc) is 2.82. The number of aryl methyl sites for hydroxylation is 2. The minimum absolute atomic E-state index is 0.171. The molecule has 3 aromatic rings. The Kier molecular flexibility index (Phi) is 7.88. The molecule has 0 spiro atoms. The molecule has 2 N–H and O–H groups in total. The van der Waals surface area contributed by atoms with Crippen molar-refractivity contribution in [3.63, 3.8) is 0 Å². The number of aromatic nitrogens is 1. The Morgan fingerprint density at radius 2 is 1.97 bits per heavy atom. The van der Waals surface area contributed by atoms with Crippen LogP contribution in [0.15, 0.2) is 47.3 Å². The summed E-state index contributed by atoms with van der Waals surface area (Å²) >= 11 is 6.08. The van der Waals surface area contributed by atoms with Crippen LogP contribution >= 0.6 is 11.6 Å². The average molecular weight is 483 g/mol. The van der Waals surface area contributed by atoms with Crippen molar-refractivity contribution in [3.05, 3.63) is 74.5 Å². The minimum atomic E-state index is -0.260. The van der Waals surface area contributed by atoms with E-state index in [1.807, 2.05) is 32.0 Å². The number of carbonyl (C=O) groups excluding carboxylic acids is 1. The fourth-order valence-electron chi connectivity index (χ4n) is 4.22. The maximum atomic E-state index is 13.2. The summed E-state index contributed by atoms with van der Waals surface area (Å²) in [5.74, 6) is 0. The number of rotatable bonds is 7. The van der Waals surface area contributed by atoms with E-state index in [0.29, 0.717) is 22.8 Å². The largest absolute Gasteiger partial charge is 0.379 e. The molecule has 1 saturated heterocycles. The van der Waals surface area contributed by atoms with E-state index in [1.165, 1.54) is 0 Å². The number of benzene rings is 2. The first-order chi connectivity index (χ1) is 16.4. The van der Waals surface area contributed by atoms with Gasteiger partial charge in [-0.3, -0.25) is 9.69 Å². The summed E-state index contributed by atoms with van der Waals surface area (Å²) in [4.78, 5) is 33.2. The molecule has 4 rings (SSSR count). The summed E-state index contributed by atoms with van der Waals surface area (Å²) in [6.07, 6.45) is 0.798. The number of morpholine rings is 1. The highest BCUT2D eigenvalue weighted by molar-refractivity contribution is 6.30. The molecule has 1 aliphatic rings. The van der Waals surface area contributed by atoms with Gasteiger partial charge in [0.25, 0.3) is 5.56 Å². The van der Waals surface area contributed by atoms with E-state index in [4.69, 9.17) is 16.3 Å². The highest BCUT2D eigenvalue weighted by Gasteiger charge is 2.18. The fraction of sp³-hybridized carbons (Fsp3) is 0.385. The van der Waals surface area contributed by atoms with Gasteiger partial charge in [-0.1, -0.05) is 29.8 Å². The standard InChI is InChI=1S/C26H31ClN4O3/c1-18-7-8-20-15-21(25(32)29-24(20)19(18)2)17-31(10-4-9-30-11-13-34-14-12-30)26(33)28-23-6-3-5-22(27)16-23/h3,5-8,15-16H,4,9-14,17H2,1-2H3,(H,28,33)(H,29,32). The lowest BCUT2D eigenvalue weighted by Gasteiger charge is -2.28. The molecule has 0 bridgehead atoms. The van der Waals surface area contributed by atoms with E-state index in [1.54, 1.807) is 29.2 Å². The summed E-state index contributed by atoms with van der Waals surface area (Å²) in [6, 6.07) is 12.7. The molecule has 0 atom stereocenters. The van der Waals surface area contributed by atoms with Gasteiger partial charge in [0.2, 0.25) is 0 Å². The Labute approximate surface area is 204 Å². The van der Waals surface area contributed by atoms with Crippen LogP contribution in [0.2, 0.25) is 5.02 Å². The second kappa shape index (κ2) is 11.0. The molecular formula is C26H31ClN4O3. The smallest absolute Gasteiger partial charge is 0.322 e. The number of ether oxygens (including phenoxy) is 1. The van der Waals surface area contributed by atoms with Gasteiger partial charge in [0.05, 0.1) is 25.3 Å². The molecule has 2 aromatic carbocycles. The van der Waals surface area contributed by atoms with Crippen molar-refractivity contribution < 1.29 is 9.53 Å². The first kappa shape index (κ1) is 24.3. The lowest BCUT2D eigenvalue weighted by atomic mass is 10.0. The number of nitrogens with zero attached hydrogens (tertiary/aromatic N) is 2. The maximum Gasteiger partial charge on any atom is 0.322 e. The first-order valence-corrected chi connectivity index (χ1v) is 12.0. The molecular weight excluding hydrogens is 452 g/mol. The molecule has 0 radical (unpaired) electrons. The Morgan fingerprint density at radius 1 is 1.18 bits per heavy atom. The Bertz CT molecular complexity index is 1220. The second-order valence-corrected chi connectivity index (χ2v) is 9.20. The van der Waals surface area contributed by atoms with Gasteiger partial charge >= 0.3 is 6.03 Å². The van der Waals surface area contributed by atoms with Gasteiger partial charge < -0.3 is 19.9 Å². The van der Waals surface area contributed by atoms with Crippen molar-refractivity contribution in [3.8, 4) is 0 Å². The van der Waals surface area contributed by atoms with Crippen LogP contribution in [0.25, 0.3) is 10.9 Å². The third kappa shape index (κ3) is 5.97. The molecule has 2 heterocycles. The molecule has 0 aliphatic carbocycles. The minimum Gasteiger partial charge on any atom is -0.379 e. The highest BCUT2D eigenvalue weighted by Crippen LogP contribution is 2.20. The zero-order valence-corrected chi connectivity index (χ0v) is 20.5. The fourth-order valence-corrected chi connectivity index (χ4v) is 4.41. The first-order valence-electron chi connectivity index (χ1n) is 11.6. The number of urea groups is 1. The number of fused-ring (bicyclic) bond motifs is 1. The quantitative estimate of drug-likeness (QED) is 0.517. The number of halogens is 1. The summed E-state index contributed by atoms with van der Waals surface area (Å²) in [5.41, 5.74) is 4.03. The lowest BCUT2D eigenvalue weighted by Crippen LogP contribution is -2.40. The lowest BCUT2D eigenvalue weighted by molar-refractivity contribution is 0.0365. The van der Waals surface area contributed by atoms with Crippen molar-refractivity contribution >= 4 is 34.2 Å². The predicted molar refractivity (Wildman–Crippen MR) is 137 cm³/mol. The van der Waals surface area contributed by atoms with Crippen LogP contribution in [-0.4, -0.2) is 60.2 Å². The molecule has 1 aliphatic heterocycles. The van der Waals surface area contributed by atoms with Gasteiger partial charge in [0, 0.05) is 42.5 Å². The van der Waals surface area contributed by atoms with Crippen LogP contribution in [0, 0.1) is 13.8 Å². The second-order valence-electron chi connectivity index (χ2n) is 8.77. The zero-order chi connectivity index (χ0) is 24.1. The van der Waals surface area contributed by atoms with Crippen LogP contribution in [0.4, 0.5) is 10.5 Å². The SMILES string of the molecule is Cc1ccc2cc(CN(CCCN3CCOCC3)C(=O)Nc3cccc(Cl)c3)c(=O)[nH]c2c1C. The highest BCUT2D eigenvalue weighted by atomic mass is 35.5. The van der Waals surface area contributed by atoms with Gasteiger partial charge in [-0.2, -0.15) is 0 Å². The van der Waals surface area contributed by atoms with Crippen molar-refractivity contribution in [2.75, 3.05) is 44.7 Å². The monoisotopic (exact) mass is 482 g/mol. The van der Waals surface area contributed by atoms with Crippen molar-refractivity contribution in [1.29, 1.82) is 0 Å². The molecule has 0 saturated carbocycles. The van der Waals surface area contributed by atoms with Gasteiger partial charge in [-0.15, -0.1) is 0 Å². The van der Waals surface area contributed by atoms with Crippen LogP contribution in [0.3, 0.4) is 0 Å². The number of hydrogen-bond donors (Lipinski definition) is 2. The molecule has 7 nitrogen and oxygen atoms in total. The van der Waals surface area contributed by atoms with E-state index in [0.717, 1.165) is 61.3 Å². The molecule has 8 heteroatoms. The number of carbonyl (C=O) groups is 1. The van der Waals surface area contributed by atoms with Crippen LogP contribution in [0.1, 0.15) is 23.1 Å². The predicted octanol–water partition coefficient (Wildman–Crippen LogP) is 4.55. The normalized spacial score (nSPS) is 14.3. The summed E-state index contributed by atoms with van der Waals surface area (Å²) < 4.78 is 5.42. The van der Waals surface area contributed by atoms with E-state index >= 15 is 0 Å². The van der Waals surface area contributed by atoms with Crippen LogP contribution < -0.4 is 10.9 Å². The summed E-state index contributed by atoms with van der Waals surface area (Å²) in [5, 5.41) is 4.43. The number of hydrogen-bond acceptors (Lipinski definition) is 4. The number of H-pyrrole nitrogens is 1. The molecule has 34 heavy (non-hydrogen) atoms. The van der Waals surface area contributed by atoms with Gasteiger partial charge in [-0.25, -0.2) is 4.79 Å². The number of amides is 2. The molecule has 180 valence electrons. The Morgan fingerprint density at radius 3 is 2.74 bits per heavy atom. The van der Waals surface area contributed by atoms with Gasteiger partial charge in [0.1, 0.15) is 0 Å². The van der Waals surface area contributed by atoms with Crippen molar-refractivity contribution in [2.45, 2.75) is 26.8 Å². The number of pyridine rings is 1. The van der Waals surface area contributed by atoms with Crippen molar-refractivity contribution in [2.24, 2.45) is 0 Å². The number of aromatic amines is 1. The third-order valence-electron chi connectivity index (χ3n) is 6.36. The summed E-state index contributed by atoms with van der Waals surface area (Å²) in [7, 11) is 0. The number of anilines is 1. The molecule has 2 amide bonds. The summed E-state index contributed by atoms with van der Waals surface area (Å²) in [6.45, 7) is 8.92. The molecule has 0 unspecified atom stereocenters. The van der Waals surface area contributed by atoms with E-state index in [-0.39, 0.29) is 18.1 Å². The maximum absolute atomic E-state index is 13.2. The Hall–Kier alpha value is -2.87. The zero-order valence-electron chi connectivity index (χ0n) is 19.7. The van der Waals surface area contributed by atoms with Crippen LogP contribution in [-0.2, 0) is 11.3 Å². The Balaban J connectivity index is 1.53. The van der Waals surface area contributed by atoms with E-state index in [2.05, 4.69) is 15.2 Å². The molecule has 1 aromatic heterocycles. The topological polar surface area (TPSA) is 77.7 Å². The van der Waals surface area contributed by atoms with E-state index < -0.39 is 0 Å². The van der Waals surface area contributed by atoms with Crippen LogP contribution in [0.5, 0.6) is 0 Å². The van der Waals surface area contributed by atoms with Crippen molar-refractivity contribution in [1.82, 2.24) is 14.8 Å². The van der Waals surface area contributed by atoms with E-state index in [9.17, 15) is 9.59 Å².